The molecule has 1 fully saturated rings. The van der Waals surface area contributed by atoms with Gasteiger partial charge in [0.1, 0.15) is 5.78 Å². The van der Waals surface area contributed by atoms with Crippen molar-refractivity contribution in [2.24, 2.45) is 17.3 Å². The van der Waals surface area contributed by atoms with Crippen molar-refractivity contribution in [3.8, 4) is 0 Å². The standard InChI is InChI=1S/C13H24O2/c1-5-15-9-13(3,4)11-7-6-10(2)8-12(11)14/h10-11H,5-9H2,1-4H3. The minimum atomic E-state index is 0.00718. The van der Waals surface area contributed by atoms with Crippen LogP contribution in [0.15, 0.2) is 0 Å². The molecule has 2 atom stereocenters. The molecule has 1 aliphatic carbocycles. The molecule has 0 radical (unpaired) electrons. The molecular weight excluding hydrogens is 188 g/mol. The van der Waals surface area contributed by atoms with Crippen LogP contribution < -0.4 is 0 Å². The number of Topliss-reactive ketones (excluding diaryl/α,β-unsaturated/α-hetero) is 1. The van der Waals surface area contributed by atoms with Crippen LogP contribution in [0.25, 0.3) is 0 Å². The van der Waals surface area contributed by atoms with Gasteiger partial charge in [0, 0.05) is 18.9 Å². The number of ketones is 1. The van der Waals surface area contributed by atoms with Gasteiger partial charge in [0.05, 0.1) is 6.61 Å². The van der Waals surface area contributed by atoms with Crippen LogP contribution in [0.2, 0.25) is 0 Å². The zero-order chi connectivity index (χ0) is 11.5. The molecular formula is C13H24O2. The molecule has 15 heavy (non-hydrogen) atoms. The summed E-state index contributed by atoms with van der Waals surface area (Å²) in [6.07, 6.45) is 2.99. The molecule has 0 aromatic carbocycles. The largest absolute Gasteiger partial charge is 0.381 e. The molecule has 1 saturated carbocycles. The first kappa shape index (κ1) is 12.7. The molecule has 0 N–H and O–H groups in total. The van der Waals surface area contributed by atoms with Crippen molar-refractivity contribution in [2.75, 3.05) is 13.2 Å². The van der Waals surface area contributed by atoms with Gasteiger partial charge in [-0.25, -0.2) is 0 Å². The van der Waals surface area contributed by atoms with Gasteiger partial charge in [-0.1, -0.05) is 20.8 Å². The number of hydrogen-bond donors (Lipinski definition) is 0. The van der Waals surface area contributed by atoms with E-state index in [9.17, 15) is 4.79 Å². The van der Waals surface area contributed by atoms with Gasteiger partial charge in [-0.05, 0) is 31.1 Å². The van der Waals surface area contributed by atoms with E-state index in [1.165, 1.54) is 6.42 Å². The third kappa shape index (κ3) is 3.30. The number of carbonyl (C=O) groups is 1. The molecule has 0 saturated heterocycles. The van der Waals surface area contributed by atoms with Crippen LogP contribution in [0, 0.1) is 17.3 Å². The Balaban J connectivity index is 2.57. The Hall–Kier alpha value is -0.370. The fourth-order valence-corrected chi connectivity index (χ4v) is 2.49. The fourth-order valence-electron chi connectivity index (χ4n) is 2.49. The van der Waals surface area contributed by atoms with E-state index in [1.54, 1.807) is 0 Å². The third-order valence-corrected chi connectivity index (χ3v) is 3.51. The number of hydrogen-bond acceptors (Lipinski definition) is 2. The van der Waals surface area contributed by atoms with E-state index >= 15 is 0 Å². The first-order valence-electron chi connectivity index (χ1n) is 6.08. The molecule has 0 aromatic heterocycles. The van der Waals surface area contributed by atoms with E-state index in [-0.39, 0.29) is 11.3 Å². The van der Waals surface area contributed by atoms with E-state index in [2.05, 4.69) is 20.8 Å². The van der Waals surface area contributed by atoms with Gasteiger partial charge in [-0.15, -0.1) is 0 Å². The van der Waals surface area contributed by atoms with Crippen molar-refractivity contribution in [2.45, 2.75) is 47.0 Å². The maximum atomic E-state index is 12.0. The maximum absolute atomic E-state index is 12.0. The predicted molar refractivity (Wildman–Crippen MR) is 61.8 cm³/mol. The molecule has 0 bridgehead atoms. The fraction of sp³-hybridized carbons (Fsp3) is 0.923. The molecule has 0 heterocycles. The minimum Gasteiger partial charge on any atom is -0.381 e. The normalized spacial score (nSPS) is 28.1. The molecule has 2 unspecified atom stereocenters. The van der Waals surface area contributed by atoms with Gasteiger partial charge in [0.25, 0.3) is 0 Å². The van der Waals surface area contributed by atoms with Gasteiger partial charge < -0.3 is 4.74 Å². The summed E-state index contributed by atoms with van der Waals surface area (Å²) in [7, 11) is 0. The van der Waals surface area contributed by atoms with E-state index in [4.69, 9.17) is 4.74 Å². The van der Waals surface area contributed by atoms with Gasteiger partial charge in [-0.3, -0.25) is 4.79 Å². The SMILES string of the molecule is CCOCC(C)(C)C1CCC(C)CC1=O. The van der Waals surface area contributed by atoms with E-state index in [1.807, 2.05) is 6.92 Å². The summed E-state index contributed by atoms with van der Waals surface area (Å²) in [5.74, 6) is 1.23. The molecule has 88 valence electrons. The second-order valence-electron chi connectivity index (χ2n) is 5.53. The smallest absolute Gasteiger partial charge is 0.136 e. The van der Waals surface area contributed by atoms with E-state index < -0.39 is 0 Å². The molecule has 1 rings (SSSR count). The van der Waals surface area contributed by atoms with Crippen LogP contribution in [0.4, 0.5) is 0 Å². The Kier molecular flexibility index (Phi) is 4.32. The molecule has 0 amide bonds. The molecule has 1 aliphatic rings. The summed E-state index contributed by atoms with van der Waals surface area (Å²) in [5.41, 5.74) is 0.00718. The van der Waals surface area contributed by atoms with E-state index in [0.717, 1.165) is 19.4 Å². The second-order valence-corrected chi connectivity index (χ2v) is 5.53. The molecule has 0 aromatic rings. The van der Waals surface area contributed by atoms with Crippen molar-refractivity contribution in [1.82, 2.24) is 0 Å². The Bertz CT molecular complexity index is 221. The minimum absolute atomic E-state index is 0.00718. The highest BCUT2D eigenvalue weighted by Gasteiger charge is 2.37. The van der Waals surface area contributed by atoms with E-state index in [0.29, 0.717) is 18.3 Å². The highest BCUT2D eigenvalue weighted by Crippen LogP contribution is 2.38. The van der Waals surface area contributed by atoms with Crippen LogP contribution in [-0.4, -0.2) is 19.0 Å². The van der Waals surface area contributed by atoms with Gasteiger partial charge in [0.2, 0.25) is 0 Å². The molecule has 0 aliphatic heterocycles. The van der Waals surface area contributed by atoms with Crippen molar-refractivity contribution in [3.05, 3.63) is 0 Å². The van der Waals surface area contributed by atoms with Crippen LogP contribution in [0.3, 0.4) is 0 Å². The summed E-state index contributed by atoms with van der Waals surface area (Å²) in [5, 5.41) is 0. The molecule has 2 nitrogen and oxygen atoms in total. The Morgan fingerprint density at radius 3 is 2.60 bits per heavy atom. The average molecular weight is 212 g/mol. The van der Waals surface area contributed by atoms with Crippen LogP contribution >= 0.6 is 0 Å². The van der Waals surface area contributed by atoms with Crippen LogP contribution in [0.1, 0.15) is 47.0 Å². The van der Waals surface area contributed by atoms with Crippen molar-refractivity contribution >= 4 is 5.78 Å². The van der Waals surface area contributed by atoms with Crippen LogP contribution in [0.5, 0.6) is 0 Å². The highest BCUT2D eigenvalue weighted by atomic mass is 16.5. The van der Waals surface area contributed by atoms with Gasteiger partial charge in [-0.2, -0.15) is 0 Å². The Morgan fingerprint density at radius 2 is 2.07 bits per heavy atom. The van der Waals surface area contributed by atoms with Crippen molar-refractivity contribution in [1.29, 1.82) is 0 Å². The Labute approximate surface area is 93.4 Å². The first-order chi connectivity index (χ1) is 6.97. The second kappa shape index (κ2) is 5.11. The quantitative estimate of drug-likeness (QED) is 0.716. The van der Waals surface area contributed by atoms with Gasteiger partial charge >= 0.3 is 0 Å². The average Bonchev–Trinajstić information content (AvgIpc) is 2.14. The molecule has 2 heteroatoms. The summed E-state index contributed by atoms with van der Waals surface area (Å²) < 4.78 is 5.47. The Morgan fingerprint density at radius 1 is 1.40 bits per heavy atom. The number of rotatable bonds is 4. The lowest BCUT2D eigenvalue weighted by molar-refractivity contribution is -0.131. The summed E-state index contributed by atoms with van der Waals surface area (Å²) in [6.45, 7) is 9.92. The lowest BCUT2D eigenvalue weighted by Crippen LogP contribution is -2.38. The molecule has 0 spiro atoms. The third-order valence-electron chi connectivity index (χ3n) is 3.51. The number of ether oxygens (including phenoxy) is 1. The first-order valence-corrected chi connectivity index (χ1v) is 6.08. The van der Waals surface area contributed by atoms with Gasteiger partial charge in [0.15, 0.2) is 0 Å². The summed E-state index contributed by atoms with van der Waals surface area (Å²) in [4.78, 5) is 12.0. The summed E-state index contributed by atoms with van der Waals surface area (Å²) in [6, 6.07) is 0. The van der Waals surface area contributed by atoms with Crippen LogP contribution in [-0.2, 0) is 9.53 Å². The number of carbonyl (C=O) groups excluding carboxylic acids is 1. The summed E-state index contributed by atoms with van der Waals surface area (Å²) >= 11 is 0. The maximum Gasteiger partial charge on any atom is 0.136 e. The predicted octanol–water partition coefficient (Wildman–Crippen LogP) is 3.05. The zero-order valence-corrected chi connectivity index (χ0v) is 10.5. The topological polar surface area (TPSA) is 26.3 Å². The monoisotopic (exact) mass is 212 g/mol. The lowest BCUT2D eigenvalue weighted by Gasteiger charge is -2.37. The van der Waals surface area contributed by atoms with Crippen molar-refractivity contribution < 1.29 is 9.53 Å². The highest BCUT2D eigenvalue weighted by molar-refractivity contribution is 5.82. The van der Waals surface area contributed by atoms with Crippen molar-refractivity contribution in [3.63, 3.8) is 0 Å². The lowest BCUT2D eigenvalue weighted by atomic mass is 9.68. The zero-order valence-electron chi connectivity index (χ0n) is 10.5.